The second-order valence-electron chi connectivity index (χ2n) is 5.01. The lowest BCUT2D eigenvalue weighted by atomic mass is 10.3. The number of hydrogen-bond acceptors (Lipinski definition) is 6. The van der Waals surface area contributed by atoms with Gasteiger partial charge in [-0.05, 0) is 24.3 Å². The Labute approximate surface area is 168 Å². The lowest BCUT2D eigenvalue weighted by molar-refractivity contribution is -0.386. The van der Waals surface area contributed by atoms with Crippen molar-refractivity contribution in [2.24, 2.45) is 5.14 Å². The lowest BCUT2D eigenvalue weighted by Gasteiger charge is -2.10. The fourth-order valence-corrected chi connectivity index (χ4v) is 3.01. The number of sulfonamides is 1. The highest BCUT2D eigenvalue weighted by atomic mass is 35.5. The number of nitro benzene ring substituents is 1. The molecule has 0 atom stereocenters. The quantitative estimate of drug-likeness (QED) is 0.390. The van der Waals surface area contributed by atoms with Gasteiger partial charge in [-0.15, -0.1) is 0 Å². The van der Waals surface area contributed by atoms with Crippen molar-refractivity contribution in [1.29, 1.82) is 0 Å². The van der Waals surface area contributed by atoms with E-state index in [0.717, 1.165) is 18.2 Å². The van der Waals surface area contributed by atoms with Crippen LogP contribution in [0.3, 0.4) is 0 Å². The van der Waals surface area contributed by atoms with Crippen molar-refractivity contribution < 1.29 is 22.9 Å². The third kappa shape index (κ3) is 5.44. The molecule has 1 amide bonds. The molecule has 9 nitrogen and oxygen atoms in total. The predicted molar refractivity (Wildman–Crippen MR) is 100 cm³/mol. The molecule has 0 bridgehead atoms. The maximum absolute atomic E-state index is 12.0. The lowest BCUT2D eigenvalue weighted by Crippen LogP contribution is -2.21. The Balaban J connectivity index is 2.15. The fraction of sp³-hybridized carbons (Fsp3) is 0.0714. The molecule has 0 aliphatic rings. The van der Waals surface area contributed by atoms with Crippen LogP contribution in [0.2, 0.25) is 15.1 Å². The number of nitro groups is 1. The van der Waals surface area contributed by atoms with Crippen molar-refractivity contribution in [3.63, 3.8) is 0 Å². The summed E-state index contributed by atoms with van der Waals surface area (Å²) in [5.41, 5.74) is -0.499. The van der Waals surface area contributed by atoms with Crippen LogP contribution in [0.1, 0.15) is 0 Å². The van der Waals surface area contributed by atoms with Crippen LogP contribution >= 0.6 is 34.8 Å². The minimum absolute atomic E-state index is 0.126. The number of benzene rings is 2. The van der Waals surface area contributed by atoms with Crippen molar-refractivity contribution >= 4 is 62.1 Å². The molecule has 0 unspecified atom stereocenters. The molecule has 2 rings (SSSR count). The molecule has 0 fully saturated rings. The molecule has 13 heteroatoms. The highest BCUT2D eigenvalue weighted by Gasteiger charge is 2.21. The molecule has 0 heterocycles. The van der Waals surface area contributed by atoms with Gasteiger partial charge in [0.2, 0.25) is 10.0 Å². The molecule has 0 spiro atoms. The van der Waals surface area contributed by atoms with Crippen molar-refractivity contribution in [1.82, 2.24) is 0 Å². The Bertz CT molecular complexity index is 1030. The zero-order valence-corrected chi connectivity index (χ0v) is 16.2. The highest BCUT2D eigenvalue weighted by molar-refractivity contribution is 7.89. The van der Waals surface area contributed by atoms with Gasteiger partial charge in [-0.3, -0.25) is 14.9 Å². The molecule has 0 aliphatic heterocycles. The molecule has 0 saturated carbocycles. The smallest absolute Gasteiger partial charge is 0.312 e. The van der Waals surface area contributed by atoms with Gasteiger partial charge in [0, 0.05) is 6.07 Å². The van der Waals surface area contributed by atoms with Crippen LogP contribution in [0.5, 0.6) is 5.75 Å². The number of carbonyl (C=O) groups is 1. The van der Waals surface area contributed by atoms with E-state index in [1.165, 1.54) is 12.1 Å². The van der Waals surface area contributed by atoms with Crippen LogP contribution in [-0.4, -0.2) is 25.9 Å². The number of anilines is 1. The van der Waals surface area contributed by atoms with Gasteiger partial charge in [0.05, 0.1) is 30.6 Å². The van der Waals surface area contributed by atoms with Crippen molar-refractivity contribution in [3.8, 4) is 5.75 Å². The van der Waals surface area contributed by atoms with Crippen LogP contribution < -0.4 is 15.2 Å². The average Bonchev–Trinajstić information content (AvgIpc) is 2.56. The van der Waals surface area contributed by atoms with Crippen molar-refractivity contribution in [3.05, 3.63) is 55.5 Å². The number of carbonyl (C=O) groups excluding carboxylic acids is 1. The number of nitrogens with two attached hydrogens (primary N) is 1. The van der Waals surface area contributed by atoms with Crippen LogP contribution in [0.4, 0.5) is 11.4 Å². The van der Waals surface area contributed by atoms with E-state index in [9.17, 15) is 23.3 Å². The van der Waals surface area contributed by atoms with Gasteiger partial charge in [-0.25, -0.2) is 13.6 Å². The van der Waals surface area contributed by atoms with Crippen LogP contribution in [-0.2, 0) is 14.8 Å². The molecule has 0 saturated heterocycles. The predicted octanol–water partition coefficient (Wildman–Crippen LogP) is 3.22. The molecule has 3 N–H and O–H groups in total. The second kappa shape index (κ2) is 8.28. The summed E-state index contributed by atoms with van der Waals surface area (Å²) < 4.78 is 27.7. The number of halogens is 3. The fourth-order valence-electron chi connectivity index (χ4n) is 1.89. The minimum atomic E-state index is -4.14. The van der Waals surface area contributed by atoms with Crippen molar-refractivity contribution in [2.75, 3.05) is 11.9 Å². The number of primary sulfonamides is 1. The third-order valence-corrected chi connectivity index (χ3v) is 5.04. The summed E-state index contributed by atoms with van der Waals surface area (Å²) in [6.07, 6.45) is 0. The summed E-state index contributed by atoms with van der Waals surface area (Å²) in [7, 11) is -4.14. The van der Waals surface area contributed by atoms with E-state index in [-0.39, 0.29) is 26.5 Å². The summed E-state index contributed by atoms with van der Waals surface area (Å²) in [4.78, 5) is 21.8. The highest BCUT2D eigenvalue weighted by Crippen LogP contribution is 2.32. The Hall–Kier alpha value is -2.11. The van der Waals surface area contributed by atoms with E-state index in [4.69, 9.17) is 44.7 Å². The summed E-state index contributed by atoms with van der Waals surface area (Å²) in [6.45, 7) is -0.619. The first-order valence-electron chi connectivity index (χ1n) is 6.87. The first-order valence-corrected chi connectivity index (χ1v) is 9.55. The van der Waals surface area contributed by atoms with Crippen molar-refractivity contribution in [2.45, 2.75) is 4.90 Å². The van der Waals surface area contributed by atoms with E-state index >= 15 is 0 Å². The second-order valence-corrected chi connectivity index (χ2v) is 7.80. The standard InChI is InChI=1S/C14H10Cl3N3O6S/c15-8-4-10(17)11(5-9(8)16)19-14(21)6-26-13-2-1-7(27(18,24)25)3-12(13)20(22)23/h1-5H,6H2,(H,19,21)(H2,18,24,25). The molecule has 0 aromatic heterocycles. The molecule has 2 aromatic carbocycles. The number of hydrogen-bond donors (Lipinski definition) is 2. The van der Waals surface area contributed by atoms with Gasteiger partial charge in [-0.1, -0.05) is 34.8 Å². The number of nitrogens with one attached hydrogen (secondary N) is 1. The van der Waals surface area contributed by atoms with Crippen LogP contribution in [0.25, 0.3) is 0 Å². The van der Waals surface area contributed by atoms with E-state index in [1.54, 1.807) is 0 Å². The van der Waals surface area contributed by atoms with Gasteiger partial charge in [0.15, 0.2) is 12.4 Å². The Morgan fingerprint density at radius 3 is 2.37 bits per heavy atom. The summed E-state index contributed by atoms with van der Waals surface area (Å²) in [6, 6.07) is 5.44. The molecule has 0 aliphatic carbocycles. The Kier molecular flexibility index (Phi) is 6.50. The average molecular weight is 455 g/mol. The van der Waals surface area contributed by atoms with Crippen LogP contribution in [0, 0.1) is 10.1 Å². The minimum Gasteiger partial charge on any atom is -0.477 e. The molecule has 144 valence electrons. The van der Waals surface area contributed by atoms with Gasteiger partial charge in [0.25, 0.3) is 5.91 Å². The largest absolute Gasteiger partial charge is 0.477 e. The number of nitrogens with zero attached hydrogens (tertiary/aromatic N) is 1. The number of ether oxygens (including phenoxy) is 1. The van der Waals surface area contributed by atoms with Crippen LogP contribution in [0.15, 0.2) is 35.2 Å². The zero-order chi connectivity index (χ0) is 20.4. The topological polar surface area (TPSA) is 142 Å². The number of rotatable bonds is 6. The summed E-state index contributed by atoms with van der Waals surface area (Å²) in [5, 5.41) is 18.9. The van der Waals surface area contributed by atoms with E-state index in [0.29, 0.717) is 0 Å². The van der Waals surface area contributed by atoms with Gasteiger partial charge in [-0.2, -0.15) is 0 Å². The van der Waals surface area contributed by atoms with E-state index in [1.807, 2.05) is 0 Å². The molecular weight excluding hydrogens is 445 g/mol. The molecule has 27 heavy (non-hydrogen) atoms. The van der Waals surface area contributed by atoms with Gasteiger partial charge in [0.1, 0.15) is 0 Å². The van der Waals surface area contributed by atoms with E-state index in [2.05, 4.69) is 5.32 Å². The first-order chi connectivity index (χ1) is 12.5. The maximum Gasteiger partial charge on any atom is 0.312 e. The van der Waals surface area contributed by atoms with Gasteiger partial charge >= 0.3 is 5.69 Å². The molecule has 2 aromatic rings. The van der Waals surface area contributed by atoms with Gasteiger partial charge < -0.3 is 10.1 Å². The van der Waals surface area contributed by atoms with E-state index < -0.39 is 38.0 Å². The Morgan fingerprint density at radius 2 is 1.78 bits per heavy atom. The third-order valence-electron chi connectivity index (χ3n) is 3.10. The number of amides is 1. The molecular formula is C14H10Cl3N3O6S. The zero-order valence-electron chi connectivity index (χ0n) is 13.1. The normalized spacial score (nSPS) is 11.1. The summed E-state index contributed by atoms with van der Waals surface area (Å²) in [5.74, 6) is -1.01. The first kappa shape index (κ1) is 21.2. The molecule has 0 radical (unpaired) electrons. The summed E-state index contributed by atoms with van der Waals surface area (Å²) >= 11 is 17.6. The SMILES string of the molecule is NS(=O)(=O)c1ccc(OCC(=O)Nc2cc(Cl)c(Cl)cc2Cl)c([N+](=O)[O-])c1. The monoisotopic (exact) mass is 453 g/mol. The Morgan fingerprint density at radius 1 is 1.15 bits per heavy atom. The maximum atomic E-state index is 12.0.